The van der Waals surface area contributed by atoms with E-state index in [1.165, 1.54) is 12.7 Å². The fourth-order valence-corrected chi connectivity index (χ4v) is 2.35. The summed E-state index contributed by atoms with van der Waals surface area (Å²) in [5.41, 5.74) is 2.32. The van der Waals surface area contributed by atoms with Gasteiger partial charge < -0.3 is 10.1 Å². The normalized spacial score (nSPS) is 14.3. The third-order valence-corrected chi connectivity index (χ3v) is 3.26. The number of rotatable bonds is 5. The Hall–Kier alpha value is -1.35. The Balaban J connectivity index is 3.10. The zero-order valence-corrected chi connectivity index (χ0v) is 11.9. The highest BCUT2D eigenvalue weighted by molar-refractivity contribution is 5.73. The molecule has 0 aliphatic carbocycles. The van der Waals surface area contributed by atoms with Crippen LogP contribution in [0.15, 0.2) is 24.3 Å². The highest BCUT2D eigenvalue weighted by Gasteiger charge is 2.32. The molecule has 18 heavy (non-hydrogen) atoms. The van der Waals surface area contributed by atoms with E-state index in [1.807, 2.05) is 33.0 Å². The van der Waals surface area contributed by atoms with Crippen LogP contribution in [-0.2, 0) is 9.53 Å². The molecule has 1 N–H and O–H groups in total. The molecule has 1 aromatic carbocycles. The molecule has 100 valence electrons. The van der Waals surface area contributed by atoms with E-state index in [4.69, 9.17) is 4.74 Å². The number of hydrogen-bond donors (Lipinski definition) is 1. The van der Waals surface area contributed by atoms with Crippen LogP contribution in [0.4, 0.5) is 0 Å². The van der Waals surface area contributed by atoms with E-state index in [1.54, 1.807) is 0 Å². The lowest BCUT2D eigenvalue weighted by Crippen LogP contribution is -2.35. The second kappa shape index (κ2) is 6.55. The van der Waals surface area contributed by atoms with Gasteiger partial charge in [-0.2, -0.15) is 0 Å². The molecule has 0 saturated heterocycles. The summed E-state index contributed by atoms with van der Waals surface area (Å²) in [4.78, 5) is 11.9. The quantitative estimate of drug-likeness (QED) is 0.815. The molecule has 0 spiro atoms. The lowest BCUT2D eigenvalue weighted by molar-refractivity contribution is -0.148. The van der Waals surface area contributed by atoms with E-state index in [2.05, 4.69) is 24.4 Å². The summed E-state index contributed by atoms with van der Waals surface area (Å²) in [5.74, 6) is -0.122. The number of methoxy groups -OCH3 is 1. The molecule has 0 aromatic heterocycles. The van der Waals surface area contributed by atoms with E-state index < -0.39 is 0 Å². The Morgan fingerprint density at radius 2 is 2.00 bits per heavy atom. The number of hydrogen-bond acceptors (Lipinski definition) is 3. The van der Waals surface area contributed by atoms with Crippen molar-refractivity contribution in [2.75, 3.05) is 14.2 Å². The molecule has 1 aromatic rings. The first-order chi connectivity index (χ1) is 8.51. The molecule has 0 fully saturated rings. The molecule has 0 aliphatic heterocycles. The summed E-state index contributed by atoms with van der Waals surface area (Å²) in [5, 5.41) is 3.24. The average Bonchev–Trinajstić information content (AvgIpc) is 2.34. The molecule has 0 amide bonds. The van der Waals surface area contributed by atoms with Gasteiger partial charge in [0, 0.05) is 6.04 Å². The van der Waals surface area contributed by atoms with Gasteiger partial charge in [-0.3, -0.25) is 4.79 Å². The van der Waals surface area contributed by atoms with Crippen molar-refractivity contribution < 1.29 is 9.53 Å². The Bertz CT molecular complexity index is 401. The van der Waals surface area contributed by atoms with Crippen molar-refractivity contribution in [2.45, 2.75) is 26.8 Å². The van der Waals surface area contributed by atoms with Gasteiger partial charge in [0.1, 0.15) is 0 Å². The molecule has 3 heteroatoms. The Morgan fingerprint density at radius 3 is 2.44 bits per heavy atom. The highest BCUT2D eigenvalue weighted by Crippen LogP contribution is 2.29. The summed E-state index contributed by atoms with van der Waals surface area (Å²) in [7, 11) is 3.33. The van der Waals surface area contributed by atoms with Crippen molar-refractivity contribution in [1.29, 1.82) is 0 Å². The number of carbonyl (C=O) groups excluding carboxylic acids is 1. The second-order valence-electron chi connectivity index (χ2n) is 4.97. The van der Waals surface area contributed by atoms with E-state index in [9.17, 15) is 4.79 Å². The molecule has 0 heterocycles. The van der Waals surface area contributed by atoms with Gasteiger partial charge >= 0.3 is 5.97 Å². The van der Waals surface area contributed by atoms with Crippen molar-refractivity contribution in [3.8, 4) is 0 Å². The maximum Gasteiger partial charge on any atom is 0.310 e. The Morgan fingerprint density at radius 1 is 1.33 bits per heavy atom. The zero-order chi connectivity index (χ0) is 13.7. The van der Waals surface area contributed by atoms with Gasteiger partial charge in [-0.15, -0.1) is 0 Å². The highest BCUT2D eigenvalue weighted by atomic mass is 16.5. The molecule has 1 rings (SSSR count). The van der Waals surface area contributed by atoms with Gasteiger partial charge in [0.15, 0.2) is 0 Å². The van der Waals surface area contributed by atoms with Gasteiger partial charge in [-0.1, -0.05) is 43.7 Å². The number of aryl methyl sites for hydroxylation is 1. The standard InChI is InChI=1S/C15H23NO2/c1-10(2)13(15(17)18-5)14(16-4)12-8-6-7-11(3)9-12/h6-10,13-14,16H,1-5H3. The number of carbonyl (C=O) groups is 1. The lowest BCUT2D eigenvalue weighted by atomic mass is 9.84. The summed E-state index contributed by atoms with van der Waals surface area (Å²) < 4.78 is 4.93. The van der Waals surface area contributed by atoms with Crippen LogP contribution in [0.3, 0.4) is 0 Å². The molecular formula is C15H23NO2. The van der Waals surface area contributed by atoms with Crippen molar-refractivity contribution >= 4 is 5.97 Å². The maximum absolute atomic E-state index is 11.9. The summed E-state index contributed by atoms with van der Waals surface area (Å²) >= 11 is 0. The number of esters is 1. The smallest absolute Gasteiger partial charge is 0.310 e. The molecular weight excluding hydrogens is 226 g/mol. The van der Waals surface area contributed by atoms with Crippen LogP contribution in [0.2, 0.25) is 0 Å². The van der Waals surface area contributed by atoms with Crippen molar-refractivity contribution in [3.63, 3.8) is 0 Å². The van der Waals surface area contributed by atoms with Crippen molar-refractivity contribution in [2.24, 2.45) is 11.8 Å². The minimum atomic E-state index is -0.179. The third-order valence-electron chi connectivity index (χ3n) is 3.26. The molecule has 0 bridgehead atoms. The largest absolute Gasteiger partial charge is 0.469 e. The number of ether oxygens (including phenoxy) is 1. The average molecular weight is 249 g/mol. The summed E-state index contributed by atoms with van der Waals surface area (Å²) in [6.07, 6.45) is 0. The van der Waals surface area contributed by atoms with Crippen LogP contribution in [0.5, 0.6) is 0 Å². The zero-order valence-electron chi connectivity index (χ0n) is 11.9. The Kier molecular flexibility index (Phi) is 5.35. The SMILES string of the molecule is CNC(c1cccc(C)c1)C(C(=O)OC)C(C)C. The topological polar surface area (TPSA) is 38.3 Å². The maximum atomic E-state index is 11.9. The predicted molar refractivity (Wildman–Crippen MR) is 73.3 cm³/mol. The van der Waals surface area contributed by atoms with Gasteiger partial charge in [-0.25, -0.2) is 0 Å². The second-order valence-corrected chi connectivity index (χ2v) is 4.97. The monoisotopic (exact) mass is 249 g/mol. The number of nitrogens with one attached hydrogen (secondary N) is 1. The van der Waals surface area contributed by atoms with Crippen LogP contribution in [0, 0.1) is 18.8 Å². The van der Waals surface area contributed by atoms with Crippen LogP contribution in [-0.4, -0.2) is 20.1 Å². The van der Waals surface area contributed by atoms with Crippen molar-refractivity contribution in [1.82, 2.24) is 5.32 Å². The third kappa shape index (κ3) is 3.33. The lowest BCUT2D eigenvalue weighted by Gasteiger charge is -2.28. The van der Waals surface area contributed by atoms with Crippen LogP contribution >= 0.6 is 0 Å². The number of benzene rings is 1. The van der Waals surface area contributed by atoms with E-state index in [0.717, 1.165) is 5.56 Å². The predicted octanol–water partition coefficient (Wildman–Crippen LogP) is 2.70. The fourth-order valence-electron chi connectivity index (χ4n) is 2.35. The molecule has 0 radical (unpaired) electrons. The van der Waals surface area contributed by atoms with Crippen LogP contribution in [0.1, 0.15) is 31.0 Å². The van der Waals surface area contributed by atoms with Gasteiger partial charge in [-0.05, 0) is 25.5 Å². The fraction of sp³-hybridized carbons (Fsp3) is 0.533. The van der Waals surface area contributed by atoms with E-state index in [0.29, 0.717) is 0 Å². The van der Waals surface area contributed by atoms with Gasteiger partial charge in [0.2, 0.25) is 0 Å². The minimum absolute atomic E-state index is 0.0163. The van der Waals surface area contributed by atoms with E-state index >= 15 is 0 Å². The van der Waals surface area contributed by atoms with Gasteiger partial charge in [0.05, 0.1) is 13.0 Å². The first-order valence-electron chi connectivity index (χ1n) is 6.33. The summed E-state index contributed by atoms with van der Waals surface area (Å²) in [6.45, 7) is 6.14. The molecule has 0 aliphatic rings. The molecule has 2 atom stereocenters. The molecule has 3 nitrogen and oxygen atoms in total. The Labute approximate surface area is 110 Å². The van der Waals surface area contributed by atoms with Crippen LogP contribution < -0.4 is 5.32 Å². The first-order valence-corrected chi connectivity index (χ1v) is 6.33. The summed E-state index contributed by atoms with van der Waals surface area (Å²) in [6, 6.07) is 8.21. The van der Waals surface area contributed by atoms with Gasteiger partial charge in [0.25, 0.3) is 0 Å². The molecule has 0 saturated carbocycles. The first kappa shape index (κ1) is 14.7. The minimum Gasteiger partial charge on any atom is -0.469 e. The van der Waals surface area contributed by atoms with Crippen LogP contribution in [0.25, 0.3) is 0 Å². The van der Waals surface area contributed by atoms with Crippen molar-refractivity contribution in [3.05, 3.63) is 35.4 Å². The molecule has 2 unspecified atom stereocenters. The van der Waals surface area contributed by atoms with E-state index in [-0.39, 0.29) is 23.8 Å².